The van der Waals surface area contributed by atoms with E-state index in [0.29, 0.717) is 67.4 Å². The zero-order valence-electron chi connectivity index (χ0n) is 23.9. The first-order valence-electron chi connectivity index (χ1n) is 12.6. The number of aliphatic imine (C=N–C) groups is 1. The lowest BCUT2D eigenvalue weighted by Crippen LogP contribution is -2.13. The van der Waals surface area contributed by atoms with Crippen LogP contribution in [0.5, 0.6) is 40.4 Å². The number of methoxy groups -OCH3 is 6. The van der Waals surface area contributed by atoms with Crippen molar-refractivity contribution in [3.05, 3.63) is 78.7 Å². The standard InChI is InChI=1S/C30H29N3O8S/c1-36-21-10-17(11-22(37-2)26(21)40-5)15-33-29(34)25(42-30(33)35)12-16-7-8-19-20(9-16)32-28(31-19)18-13-23(38-3)27(41-6)24(14-18)39-4/h7-14,34H,15H2,1-6H3. The Balaban J connectivity index is 1.47. The SMILES string of the molecule is COc1cc(Cn2c(O)c(C=c3ccc4c(c3)N=C(c3cc(OC)c(OC)c(OC)c3)N=4)sc2=O)cc(OC)c1OC. The fourth-order valence-electron chi connectivity index (χ4n) is 4.62. The van der Waals surface area contributed by atoms with Crippen molar-refractivity contribution in [2.24, 2.45) is 9.98 Å². The predicted molar refractivity (Wildman–Crippen MR) is 159 cm³/mol. The van der Waals surface area contributed by atoms with Crippen molar-refractivity contribution in [2.45, 2.75) is 6.54 Å². The number of aromatic hydroxyl groups is 1. The van der Waals surface area contributed by atoms with Crippen molar-refractivity contribution in [3.63, 3.8) is 0 Å². The summed E-state index contributed by atoms with van der Waals surface area (Å²) in [6.07, 6.45) is 1.74. The second-order valence-electron chi connectivity index (χ2n) is 9.03. The monoisotopic (exact) mass is 591 g/mol. The molecule has 0 bridgehead atoms. The molecule has 11 nitrogen and oxygen atoms in total. The van der Waals surface area contributed by atoms with Gasteiger partial charge in [-0.3, -0.25) is 9.36 Å². The van der Waals surface area contributed by atoms with Crippen LogP contribution in [0.3, 0.4) is 0 Å². The lowest BCUT2D eigenvalue weighted by atomic mass is 10.1. The van der Waals surface area contributed by atoms with Crippen molar-refractivity contribution >= 4 is 28.9 Å². The summed E-state index contributed by atoms with van der Waals surface area (Å²) in [7, 11) is 9.19. The molecule has 0 unspecified atom stereocenters. The van der Waals surface area contributed by atoms with Crippen molar-refractivity contribution in [1.29, 1.82) is 0 Å². The van der Waals surface area contributed by atoms with E-state index in [1.165, 1.54) is 25.9 Å². The van der Waals surface area contributed by atoms with E-state index in [1.807, 2.05) is 18.2 Å². The third-order valence-corrected chi connectivity index (χ3v) is 7.55. The van der Waals surface area contributed by atoms with E-state index < -0.39 is 0 Å². The van der Waals surface area contributed by atoms with E-state index in [1.54, 1.807) is 51.7 Å². The van der Waals surface area contributed by atoms with Crippen molar-refractivity contribution in [3.8, 4) is 40.4 Å². The molecule has 0 fully saturated rings. The minimum absolute atomic E-state index is 0.108. The maximum Gasteiger partial charge on any atom is 0.310 e. The Morgan fingerprint density at radius 3 is 1.90 bits per heavy atom. The van der Waals surface area contributed by atoms with Gasteiger partial charge in [0.05, 0.1) is 65.1 Å². The van der Waals surface area contributed by atoms with Crippen molar-refractivity contribution < 1.29 is 33.5 Å². The lowest BCUT2D eigenvalue weighted by Gasteiger charge is -2.14. The summed E-state index contributed by atoms with van der Waals surface area (Å²) in [5.41, 5.74) is 2.04. The highest BCUT2D eigenvalue weighted by Gasteiger charge is 2.19. The summed E-state index contributed by atoms with van der Waals surface area (Å²) in [4.78, 5) is 22.3. The molecule has 0 saturated heterocycles. The first-order chi connectivity index (χ1) is 20.3. The Morgan fingerprint density at radius 2 is 1.36 bits per heavy atom. The number of thiazole rings is 1. The Kier molecular flexibility index (Phi) is 8.07. The van der Waals surface area contributed by atoms with Crippen LogP contribution in [0.2, 0.25) is 0 Å². The van der Waals surface area contributed by atoms with Crippen LogP contribution in [0.25, 0.3) is 6.08 Å². The van der Waals surface area contributed by atoms with E-state index in [9.17, 15) is 9.90 Å². The summed E-state index contributed by atoms with van der Waals surface area (Å²) >= 11 is 0.941. The Morgan fingerprint density at radius 1 is 0.786 bits per heavy atom. The van der Waals surface area contributed by atoms with Gasteiger partial charge in [0.2, 0.25) is 17.4 Å². The highest BCUT2D eigenvalue weighted by atomic mass is 32.1. The molecule has 5 rings (SSSR count). The molecule has 2 heterocycles. The number of hydrogen-bond donors (Lipinski definition) is 1. The molecule has 12 heteroatoms. The van der Waals surface area contributed by atoms with Crippen molar-refractivity contribution in [1.82, 2.24) is 4.57 Å². The van der Waals surface area contributed by atoms with Gasteiger partial charge in [-0.2, -0.15) is 0 Å². The van der Waals surface area contributed by atoms with E-state index >= 15 is 0 Å². The zero-order valence-corrected chi connectivity index (χ0v) is 24.7. The largest absolute Gasteiger partial charge is 0.493 e. The summed E-state index contributed by atoms with van der Waals surface area (Å²) < 4.78 is 33.8. The molecule has 0 radical (unpaired) electrons. The molecule has 0 atom stereocenters. The van der Waals surface area contributed by atoms with Crippen LogP contribution in [0.1, 0.15) is 16.0 Å². The summed E-state index contributed by atoms with van der Waals surface area (Å²) in [6.45, 7) is 0.108. The maximum atomic E-state index is 12.9. The third-order valence-electron chi connectivity index (χ3n) is 6.63. The smallest absolute Gasteiger partial charge is 0.310 e. The van der Waals surface area contributed by atoms with Gasteiger partial charge in [-0.1, -0.05) is 17.4 Å². The first kappa shape index (κ1) is 28.6. The highest BCUT2D eigenvalue weighted by molar-refractivity contribution is 7.10. The highest BCUT2D eigenvalue weighted by Crippen LogP contribution is 2.40. The number of fused-ring (bicyclic) bond motifs is 1. The van der Waals surface area contributed by atoms with E-state index in [2.05, 4.69) is 4.99 Å². The number of benzene rings is 3. The van der Waals surface area contributed by atoms with Gasteiger partial charge in [0.15, 0.2) is 28.8 Å². The molecule has 1 aromatic heterocycles. The number of amidine groups is 1. The number of hydrogen-bond acceptors (Lipinski definition) is 11. The van der Waals surface area contributed by atoms with Crippen molar-refractivity contribution in [2.75, 3.05) is 42.7 Å². The first-order valence-corrected chi connectivity index (χ1v) is 13.5. The topological polar surface area (TPSA) is 122 Å². The zero-order chi connectivity index (χ0) is 30.0. The molecule has 4 aromatic rings. The summed E-state index contributed by atoms with van der Waals surface area (Å²) in [5, 5.41) is 12.4. The fourth-order valence-corrected chi connectivity index (χ4v) is 5.46. The molecule has 0 amide bonds. The molecule has 0 aliphatic carbocycles. The molecule has 1 aliphatic heterocycles. The molecule has 1 N–H and O–H groups in total. The fraction of sp³-hybridized carbons (Fsp3) is 0.233. The molecule has 1 aliphatic rings. The number of rotatable bonds is 10. The van der Waals surface area contributed by atoms with Gasteiger partial charge in [0.1, 0.15) is 0 Å². The van der Waals surface area contributed by atoms with Gasteiger partial charge in [-0.05, 0) is 53.3 Å². The van der Waals surface area contributed by atoms with Gasteiger partial charge >= 0.3 is 4.87 Å². The average molecular weight is 592 g/mol. The van der Waals surface area contributed by atoms with Crippen LogP contribution in [-0.4, -0.2) is 58.2 Å². The second kappa shape index (κ2) is 11.9. The molecule has 3 aromatic carbocycles. The molecule has 218 valence electrons. The van der Waals surface area contributed by atoms with Crippen LogP contribution in [-0.2, 0) is 6.54 Å². The molecule has 0 spiro atoms. The number of ether oxygens (including phenoxy) is 6. The molecule has 0 saturated carbocycles. The summed E-state index contributed by atoms with van der Waals surface area (Å²) in [6, 6.07) is 12.6. The van der Waals surface area contributed by atoms with E-state index in [0.717, 1.165) is 16.6 Å². The van der Waals surface area contributed by atoms with Crippen LogP contribution in [0.15, 0.2) is 57.2 Å². The van der Waals surface area contributed by atoms with Gasteiger partial charge in [-0.15, -0.1) is 0 Å². The van der Waals surface area contributed by atoms with E-state index in [4.69, 9.17) is 33.4 Å². The van der Waals surface area contributed by atoms with Gasteiger partial charge in [0.25, 0.3) is 0 Å². The van der Waals surface area contributed by atoms with Gasteiger partial charge in [0, 0.05) is 5.56 Å². The normalized spacial score (nSPS) is 12.3. The molecular formula is C30H29N3O8S. The second-order valence-corrected chi connectivity index (χ2v) is 10.0. The summed E-state index contributed by atoms with van der Waals surface area (Å²) in [5.74, 6) is 3.17. The third kappa shape index (κ3) is 5.23. The lowest BCUT2D eigenvalue weighted by molar-refractivity contribution is 0.323. The molecule has 42 heavy (non-hydrogen) atoms. The van der Waals surface area contributed by atoms with E-state index in [-0.39, 0.29) is 17.3 Å². The minimum atomic E-state index is -0.314. The average Bonchev–Trinajstić information content (AvgIpc) is 3.55. The quantitative estimate of drug-likeness (QED) is 0.298. The van der Waals surface area contributed by atoms with Crippen LogP contribution >= 0.6 is 11.3 Å². The number of nitrogens with zero attached hydrogens (tertiary/aromatic N) is 3. The Bertz CT molecular complexity index is 1830. The Labute approximate surface area is 245 Å². The van der Waals surface area contributed by atoms with Crippen LogP contribution in [0, 0.1) is 0 Å². The van der Waals surface area contributed by atoms with Crippen LogP contribution in [0.4, 0.5) is 5.69 Å². The van der Waals surface area contributed by atoms with Crippen LogP contribution < -0.4 is 43.9 Å². The number of aromatic nitrogens is 1. The maximum absolute atomic E-state index is 12.9. The molecular weight excluding hydrogens is 562 g/mol. The van der Waals surface area contributed by atoms with Gasteiger partial charge in [-0.25, -0.2) is 9.98 Å². The minimum Gasteiger partial charge on any atom is -0.493 e. The Hall–Kier alpha value is -4.97. The predicted octanol–water partition coefficient (Wildman–Crippen LogP) is 3.26. The van der Waals surface area contributed by atoms with Gasteiger partial charge < -0.3 is 33.5 Å².